The summed E-state index contributed by atoms with van der Waals surface area (Å²) in [4.78, 5) is 4.25. The molecular formula is C22H22N2O4S. The fourth-order valence-electron chi connectivity index (χ4n) is 3.72. The Labute approximate surface area is 170 Å². The second kappa shape index (κ2) is 7.94. The lowest BCUT2D eigenvalue weighted by Gasteiger charge is -2.39. The summed E-state index contributed by atoms with van der Waals surface area (Å²) in [6.45, 7) is 0.141. The Hall–Kier alpha value is -2.74. The molecule has 1 aromatic heterocycles. The van der Waals surface area contributed by atoms with Crippen molar-refractivity contribution in [2.45, 2.75) is 30.0 Å². The van der Waals surface area contributed by atoms with E-state index in [1.54, 1.807) is 49.8 Å². The van der Waals surface area contributed by atoms with Crippen LogP contribution in [0.4, 0.5) is 0 Å². The zero-order valence-corrected chi connectivity index (χ0v) is 16.8. The number of aromatic nitrogens is 1. The third-order valence-electron chi connectivity index (χ3n) is 5.22. The van der Waals surface area contributed by atoms with Gasteiger partial charge in [0.2, 0.25) is 10.0 Å². The number of sulfonamides is 1. The number of rotatable bonds is 5. The van der Waals surface area contributed by atoms with Crippen LogP contribution in [-0.2, 0) is 23.0 Å². The van der Waals surface area contributed by atoms with Gasteiger partial charge in [0.05, 0.1) is 24.2 Å². The van der Waals surface area contributed by atoms with Crippen molar-refractivity contribution >= 4 is 10.0 Å². The molecule has 0 saturated heterocycles. The SMILES string of the molecule is COc1ccc(CC2C(O)c3ccccc3S(=O)(=O)N2Cc2cccnc2)cc1. The molecule has 0 fully saturated rings. The fraction of sp³-hybridized carbons (Fsp3) is 0.227. The molecule has 3 aromatic rings. The summed E-state index contributed by atoms with van der Waals surface area (Å²) in [6.07, 6.45) is 2.73. The first-order chi connectivity index (χ1) is 14.0. The third-order valence-corrected chi connectivity index (χ3v) is 7.17. The number of aliphatic hydroxyl groups excluding tert-OH is 1. The van der Waals surface area contributed by atoms with Crippen LogP contribution in [0.5, 0.6) is 5.75 Å². The molecule has 0 radical (unpaired) electrons. The highest BCUT2D eigenvalue weighted by molar-refractivity contribution is 7.89. The summed E-state index contributed by atoms with van der Waals surface area (Å²) in [7, 11) is -2.18. The fourth-order valence-corrected chi connectivity index (χ4v) is 5.57. The zero-order chi connectivity index (χ0) is 20.4. The average molecular weight is 410 g/mol. The molecule has 150 valence electrons. The number of fused-ring (bicyclic) bond motifs is 1. The Morgan fingerprint density at radius 1 is 1.03 bits per heavy atom. The number of hydrogen-bond donors (Lipinski definition) is 1. The molecule has 1 aliphatic heterocycles. The minimum atomic E-state index is -3.78. The Morgan fingerprint density at radius 2 is 1.79 bits per heavy atom. The average Bonchev–Trinajstić information content (AvgIpc) is 2.76. The van der Waals surface area contributed by atoms with Crippen LogP contribution in [0.2, 0.25) is 0 Å². The van der Waals surface area contributed by atoms with E-state index in [2.05, 4.69) is 4.98 Å². The normalized spacial score (nSPS) is 20.8. The number of methoxy groups -OCH3 is 1. The van der Waals surface area contributed by atoms with E-state index in [1.807, 2.05) is 30.3 Å². The van der Waals surface area contributed by atoms with E-state index in [9.17, 15) is 13.5 Å². The number of pyridine rings is 1. The summed E-state index contributed by atoms with van der Waals surface area (Å²) in [6, 6.07) is 17.1. The van der Waals surface area contributed by atoms with E-state index in [-0.39, 0.29) is 11.4 Å². The molecule has 2 atom stereocenters. The van der Waals surface area contributed by atoms with Gasteiger partial charge in [-0.05, 0) is 41.8 Å². The predicted molar refractivity (Wildman–Crippen MR) is 109 cm³/mol. The van der Waals surface area contributed by atoms with Crippen LogP contribution >= 0.6 is 0 Å². The van der Waals surface area contributed by atoms with Crippen molar-refractivity contribution in [1.82, 2.24) is 9.29 Å². The Balaban J connectivity index is 1.76. The molecule has 1 N–H and O–H groups in total. The number of hydrogen-bond acceptors (Lipinski definition) is 5. The highest BCUT2D eigenvalue weighted by Gasteiger charge is 2.43. The van der Waals surface area contributed by atoms with Crippen molar-refractivity contribution in [1.29, 1.82) is 0 Å². The van der Waals surface area contributed by atoms with Crippen molar-refractivity contribution in [2.75, 3.05) is 7.11 Å². The van der Waals surface area contributed by atoms with E-state index in [4.69, 9.17) is 4.74 Å². The van der Waals surface area contributed by atoms with Crippen molar-refractivity contribution < 1.29 is 18.3 Å². The van der Waals surface area contributed by atoms with Gasteiger partial charge in [-0.1, -0.05) is 36.4 Å². The summed E-state index contributed by atoms with van der Waals surface area (Å²) in [5, 5.41) is 11.1. The molecule has 0 aliphatic carbocycles. The number of benzene rings is 2. The Bertz CT molecular complexity index is 1090. The molecule has 2 heterocycles. The first kappa shape index (κ1) is 19.6. The molecule has 1 aliphatic rings. The van der Waals surface area contributed by atoms with E-state index in [0.717, 1.165) is 16.9 Å². The maximum Gasteiger partial charge on any atom is 0.244 e. The third kappa shape index (κ3) is 3.76. The molecule has 0 spiro atoms. The van der Waals surface area contributed by atoms with Crippen molar-refractivity contribution in [3.63, 3.8) is 0 Å². The van der Waals surface area contributed by atoms with Gasteiger partial charge in [-0.25, -0.2) is 8.42 Å². The molecule has 0 saturated carbocycles. The lowest BCUT2D eigenvalue weighted by Crippen LogP contribution is -2.48. The van der Waals surface area contributed by atoms with Crippen molar-refractivity contribution in [3.05, 3.63) is 89.7 Å². The van der Waals surface area contributed by atoms with Gasteiger partial charge in [0.25, 0.3) is 0 Å². The van der Waals surface area contributed by atoms with Crippen LogP contribution in [-0.4, -0.2) is 36.0 Å². The van der Waals surface area contributed by atoms with Gasteiger partial charge in [0.1, 0.15) is 5.75 Å². The van der Waals surface area contributed by atoms with Gasteiger partial charge in [-0.2, -0.15) is 4.31 Å². The smallest absolute Gasteiger partial charge is 0.244 e. The van der Waals surface area contributed by atoms with Crippen LogP contribution in [0.15, 0.2) is 78.0 Å². The topological polar surface area (TPSA) is 79.7 Å². The zero-order valence-electron chi connectivity index (χ0n) is 16.0. The lowest BCUT2D eigenvalue weighted by molar-refractivity contribution is 0.0769. The van der Waals surface area contributed by atoms with Crippen molar-refractivity contribution in [3.8, 4) is 5.75 Å². The summed E-state index contributed by atoms with van der Waals surface area (Å²) < 4.78 is 33.4. The van der Waals surface area contributed by atoms with Gasteiger partial charge in [0, 0.05) is 24.5 Å². The van der Waals surface area contributed by atoms with Crippen LogP contribution in [0.1, 0.15) is 22.8 Å². The summed E-state index contributed by atoms with van der Waals surface area (Å²) in [5.74, 6) is 0.725. The van der Waals surface area contributed by atoms with Gasteiger partial charge in [0.15, 0.2) is 0 Å². The molecule has 2 aromatic carbocycles. The monoisotopic (exact) mass is 410 g/mol. The standard InChI is InChI=1S/C22H22N2O4S/c1-28-18-10-8-16(9-11-18)13-20-22(25)19-6-2-3-7-21(19)29(26,27)24(20)15-17-5-4-12-23-14-17/h2-12,14,20,22,25H,13,15H2,1H3. The second-order valence-corrected chi connectivity index (χ2v) is 8.87. The molecule has 7 heteroatoms. The predicted octanol–water partition coefficient (Wildman–Crippen LogP) is 2.94. The van der Waals surface area contributed by atoms with Gasteiger partial charge < -0.3 is 9.84 Å². The number of nitrogens with zero attached hydrogens (tertiary/aromatic N) is 2. The van der Waals surface area contributed by atoms with Crippen LogP contribution < -0.4 is 4.74 Å². The molecule has 2 unspecified atom stereocenters. The minimum Gasteiger partial charge on any atom is -0.497 e. The van der Waals surface area contributed by atoms with Gasteiger partial charge >= 0.3 is 0 Å². The summed E-state index contributed by atoms with van der Waals surface area (Å²) in [5.41, 5.74) is 2.12. The Morgan fingerprint density at radius 3 is 2.48 bits per heavy atom. The maximum atomic E-state index is 13.4. The van der Waals surface area contributed by atoms with Crippen molar-refractivity contribution in [2.24, 2.45) is 0 Å². The number of ether oxygens (including phenoxy) is 1. The molecule has 4 rings (SSSR count). The lowest BCUT2D eigenvalue weighted by atomic mass is 9.95. The second-order valence-electron chi connectivity index (χ2n) is 7.01. The first-order valence-corrected chi connectivity index (χ1v) is 10.8. The Kier molecular flexibility index (Phi) is 5.36. The van der Waals surface area contributed by atoms with Crippen LogP contribution in [0.25, 0.3) is 0 Å². The quantitative estimate of drug-likeness (QED) is 0.700. The molecule has 0 amide bonds. The molecule has 0 bridgehead atoms. The molecular weight excluding hydrogens is 388 g/mol. The maximum absolute atomic E-state index is 13.4. The largest absolute Gasteiger partial charge is 0.497 e. The van der Waals surface area contributed by atoms with E-state index < -0.39 is 22.2 Å². The molecule has 6 nitrogen and oxygen atoms in total. The van der Waals surface area contributed by atoms with E-state index >= 15 is 0 Å². The summed E-state index contributed by atoms with van der Waals surface area (Å²) >= 11 is 0. The van der Waals surface area contributed by atoms with E-state index in [1.165, 1.54) is 4.31 Å². The van der Waals surface area contributed by atoms with Gasteiger partial charge in [-0.15, -0.1) is 0 Å². The van der Waals surface area contributed by atoms with Crippen LogP contribution in [0, 0.1) is 0 Å². The molecule has 29 heavy (non-hydrogen) atoms. The highest BCUT2D eigenvalue weighted by Crippen LogP contribution is 2.39. The first-order valence-electron chi connectivity index (χ1n) is 9.31. The number of aliphatic hydroxyl groups is 1. The van der Waals surface area contributed by atoms with E-state index in [0.29, 0.717) is 12.0 Å². The van der Waals surface area contributed by atoms with Gasteiger partial charge in [-0.3, -0.25) is 4.98 Å². The highest BCUT2D eigenvalue weighted by atomic mass is 32.2. The van der Waals surface area contributed by atoms with Crippen LogP contribution in [0.3, 0.4) is 0 Å². The minimum absolute atomic E-state index is 0.141.